The molecular formula is C23H29NO3. The Bertz CT molecular complexity index is 772. The van der Waals surface area contributed by atoms with Crippen molar-refractivity contribution >= 4 is 0 Å². The maximum absolute atomic E-state index is 10.4. The van der Waals surface area contributed by atoms with Crippen LogP contribution >= 0.6 is 0 Å². The van der Waals surface area contributed by atoms with Crippen LogP contribution in [0.5, 0.6) is 11.5 Å². The van der Waals surface area contributed by atoms with Gasteiger partial charge in [-0.25, -0.2) is 0 Å². The third-order valence-electron chi connectivity index (χ3n) is 4.84. The van der Waals surface area contributed by atoms with Crippen molar-refractivity contribution in [2.75, 3.05) is 19.8 Å². The molecule has 0 radical (unpaired) electrons. The number of para-hydroxylation sites is 1. The molecule has 1 heterocycles. The Labute approximate surface area is 162 Å². The molecule has 1 atom stereocenters. The van der Waals surface area contributed by atoms with Gasteiger partial charge in [0.05, 0.1) is 6.10 Å². The molecule has 27 heavy (non-hydrogen) atoms. The summed E-state index contributed by atoms with van der Waals surface area (Å²) < 4.78 is 11.7. The molecule has 1 aliphatic rings. The molecule has 0 amide bonds. The van der Waals surface area contributed by atoms with Crippen molar-refractivity contribution in [3.05, 3.63) is 71.8 Å². The highest BCUT2D eigenvalue weighted by atomic mass is 16.5. The van der Waals surface area contributed by atoms with Crippen LogP contribution in [-0.2, 0) is 13.1 Å². The highest BCUT2D eigenvalue weighted by molar-refractivity contribution is 5.39. The van der Waals surface area contributed by atoms with E-state index in [1.807, 2.05) is 44.2 Å². The fourth-order valence-electron chi connectivity index (χ4n) is 3.34. The summed E-state index contributed by atoms with van der Waals surface area (Å²) in [5, 5.41) is 10.4. The minimum atomic E-state index is -0.458. The van der Waals surface area contributed by atoms with Crippen LogP contribution in [0, 0.1) is 5.92 Å². The molecule has 0 saturated heterocycles. The molecule has 4 nitrogen and oxygen atoms in total. The number of ether oxygens (including phenoxy) is 2. The van der Waals surface area contributed by atoms with E-state index in [-0.39, 0.29) is 5.92 Å². The summed E-state index contributed by atoms with van der Waals surface area (Å²) in [5.41, 5.74) is 3.22. The SMILES string of the molecule is C=CCOc1ccccc1CN1CCOc2ccc(C(O)C(C)C)cc2C1. The number of hydrogen-bond donors (Lipinski definition) is 1. The zero-order valence-corrected chi connectivity index (χ0v) is 16.2. The van der Waals surface area contributed by atoms with Gasteiger partial charge in [0.1, 0.15) is 24.7 Å². The topological polar surface area (TPSA) is 41.9 Å². The van der Waals surface area contributed by atoms with E-state index < -0.39 is 6.10 Å². The van der Waals surface area contributed by atoms with Crippen LogP contribution in [0.2, 0.25) is 0 Å². The zero-order valence-electron chi connectivity index (χ0n) is 16.2. The minimum Gasteiger partial charge on any atom is -0.492 e. The maximum Gasteiger partial charge on any atom is 0.124 e. The van der Waals surface area contributed by atoms with Gasteiger partial charge in [-0.2, -0.15) is 0 Å². The lowest BCUT2D eigenvalue weighted by atomic mass is 9.97. The molecule has 2 aromatic rings. The van der Waals surface area contributed by atoms with E-state index in [0.29, 0.717) is 13.2 Å². The Balaban J connectivity index is 1.78. The largest absolute Gasteiger partial charge is 0.492 e. The summed E-state index contributed by atoms with van der Waals surface area (Å²) in [5.74, 6) is 1.99. The van der Waals surface area contributed by atoms with Gasteiger partial charge >= 0.3 is 0 Å². The number of nitrogens with zero attached hydrogens (tertiary/aromatic N) is 1. The molecule has 0 spiro atoms. The number of aliphatic hydroxyl groups excluding tert-OH is 1. The molecule has 1 aliphatic heterocycles. The third-order valence-corrected chi connectivity index (χ3v) is 4.84. The molecule has 0 fully saturated rings. The molecular weight excluding hydrogens is 338 g/mol. The van der Waals surface area contributed by atoms with Crippen LogP contribution < -0.4 is 9.47 Å². The Morgan fingerprint density at radius 1 is 1.26 bits per heavy atom. The van der Waals surface area contributed by atoms with Gasteiger partial charge in [-0.15, -0.1) is 0 Å². The van der Waals surface area contributed by atoms with E-state index >= 15 is 0 Å². The van der Waals surface area contributed by atoms with Crippen molar-refractivity contribution in [1.29, 1.82) is 0 Å². The van der Waals surface area contributed by atoms with Crippen LogP contribution in [0.4, 0.5) is 0 Å². The molecule has 1 unspecified atom stereocenters. The third kappa shape index (κ3) is 4.90. The first-order valence-corrected chi connectivity index (χ1v) is 9.56. The molecule has 3 rings (SSSR count). The van der Waals surface area contributed by atoms with Crippen LogP contribution in [0.1, 0.15) is 36.6 Å². The highest BCUT2D eigenvalue weighted by Crippen LogP contribution is 2.30. The monoisotopic (exact) mass is 367 g/mol. The molecule has 1 N–H and O–H groups in total. The standard InChI is InChI=1S/C23H29NO3/c1-4-12-26-21-8-6-5-7-19(21)15-24-11-13-27-22-10-9-18(14-20(22)16-24)23(25)17(2)3/h4-10,14,17,23,25H,1,11-13,15-16H2,2-3H3. The zero-order chi connectivity index (χ0) is 19.2. The Morgan fingerprint density at radius 3 is 2.85 bits per heavy atom. The number of aliphatic hydroxyl groups is 1. The van der Waals surface area contributed by atoms with Gasteiger partial charge in [0.2, 0.25) is 0 Å². The van der Waals surface area contributed by atoms with Crippen molar-refractivity contribution in [2.45, 2.75) is 33.0 Å². The summed E-state index contributed by atoms with van der Waals surface area (Å²) in [6.07, 6.45) is 1.30. The van der Waals surface area contributed by atoms with E-state index in [4.69, 9.17) is 9.47 Å². The van der Waals surface area contributed by atoms with Crippen molar-refractivity contribution < 1.29 is 14.6 Å². The fraction of sp³-hybridized carbons (Fsp3) is 0.391. The second kappa shape index (κ2) is 9.07. The summed E-state index contributed by atoms with van der Waals surface area (Å²) in [7, 11) is 0. The van der Waals surface area contributed by atoms with Gasteiger partial charge in [-0.05, 0) is 29.7 Å². The average molecular weight is 367 g/mol. The van der Waals surface area contributed by atoms with Crippen molar-refractivity contribution in [2.24, 2.45) is 5.92 Å². The molecule has 2 aromatic carbocycles. The lowest BCUT2D eigenvalue weighted by molar-refractivity contribution is 0.126. The number of benzene rings is 2. The summed E-state index contributed by atoms with van der Waals surface area (Å²) >= 11 is 0. The molecule has 0 aliphatic carbocycles. The summed E-state index contributed by atoms with van der Waals surface area (Å²) in [4.78, 5) is 2.35. The van der Waals surface area contributed by atoms with Crippen molar-refractivity contribution in [3.63, 3.8) is 0 Å². The van der Waals surface area contributed by atoms with E-state index in [1.54, 1.807) is 6.08 Å². The van der Waals surface area contributed by atoms with E-state index in [0.717, 1.165) is 47.8 Å². The summed E-state index contributed by atoms with van der Waals surface area (Å²) in [6, 6.07) is 14.2. The quantitative estimate of drug-likeness (QED) is 0.740. The highest BCUT2D eigenvalue weighted by Gasteiger charge is 2.20. The van der Waals surface area contributed by atoms with Crippen LogP contribution in [0.15, 0.2) is 55.1 Å². The van der Waals surface area contributed by atoms with Gasteiger partial charge < -0.3 is 14.6 Å². The van der Waals surface area contributed by atoms with Gasteiger partial charge in [-0.3, -0.25) is 4.90 Å². The lowest BCUT2D eigenvalue weighted by Crippen LogP contribution is -2.25. The van der Waals surface area contributed by atoms with Crippen LogP contribution in [0.3, 0.4) is 0 Å². The van der Waals surface area contributed by atoms with Crippen LogP contribution in [0.25, 0.3) is 0 Å². The van der Waals surface area contributed by atoms with Gasteiger partial charge in [0.25, 0.3) is 0 Å². The van der Waals surface area contributed by atoms with Gasteiger partial charge in [0, 0.05) is 30.8 Å². The first kappa shape index (κ1) is 19.5. The second-order valence-electron chi connectivity index (χ2n) is 7.32. The Hall–Kier alpha value is -2.30. The fourth-order valence-corrected chi connectivity index (χ4v) is 3.34. The molecule has 0 bridgehead atoms. The average Bonchev–Trinajstić information content (AvgIpc) is 2.87. The first-order valence-electron chi connectivity index (χ1n) is 9.56. The molecule has 4 heteroatoms. The number of hydrogen-bond acceptors (Lipinski definition) is 4. The minimum absolute atomic E-state index is 0.180. The Kier molecular flexibility index (Phi) is 6.54. The smallest absolute Gasteiger partial charge is 0.124 e. The number of rotatable bonds is 7. The predicted molar refractivity (Wildman–Crippen MR) is 108 cm³/mol. The number of fused-ring (bicyclic) bond motifs is 1. The maximum atomic E-state index is 10.4. The molecule has 0 aromatic heterocycles. The second-order valence-corrected chi connectivity index (χ2v) is 7.32. The first-order chi connectivity index (χ1) is 13.1. The van der Waals surface area contributed by atoms with Crippen molar-refractivity contribution in [3.8, 4) is 11.5 Å². The molecule has 0 saturated carbocycles. The van der Waals surface area contributed by atoms with E-state index in [1.165, 1.54) is 0 Å². The van der Waals surface area contributed by atoms with E-state index in [2.05, 4.69) is 23.6 Å². The van der Waals surface area contributed by atoms with Gasteiger partial charge in [-0.1, -0.05) is 50.8 Å². The van der Waals surface area contributed by atoms with Gasteiger partial charge in [0.15, 0.2) is 0 Å². The normalized spacial score (nSPS) is 15.6. The summed E-state index contributed by atoms with van der Waals surface area (Å²) in [6.45, 7) is 11.3. The lowest BCUT2D eigenvalue weighted by Gasteiger charge is -2.22. The predicted octanol–water partition coefficient (Wildman–Crippen LogP) is 4.34. The van der Waals surface area contributed by atoms with Crippen molar-refractivity contribution in [1.82, 2.24) is 4.90 Å². The molecule has 144 valence electrons. The van der Waals surface area contributed by atoms with Crippen LogP contribution in [-0.4, -0.2) is 29.8 Å². The Morgan fingerprint density at radius 2 is 2.07 bits per heavy atom. The van der Waals surface area contributed by atoms with E-state index in [9.17, 15) is 5.11 Å².